The minimum absolute atomic E-state index is 0.106. The fraction of sp³-hybridized carbons (Fsp3) is 0.438. The molecule has 5 heteroatoms. The van der Waals surface area contributed by atoms with Crippen LogP contribution in [0.15, 0.2) is 34.7 Å². The van der Waals surface area contributed by atoms with Gasteiger partial charge in [-0.25, -0.2) is 0 Å². The molecule has 0 unspecified atom stereocenters. The van der Waals surface area contributed by atoms with E-state index in [1.54, 1.807) is 6.92 Å². The Morgan fingerprint density at radius 3 is 2.57 bits per heavy atom. The molecular weight excluding hydrogens is 266 g/mol. The molecule has 0 aliphatic carbocycles. The van der Waals surface area contributed by atoms with Crippen LogP contribution in [0.1, 0.15) is 35.0 Å². The second-order valence-electron chi connectivity index (χ2n) is 5.55. The standard InChI is InChI=1S/C16H19N3O2/c1-12-17-18-15(21-12)16(20)19-9-7-14(8-10-19)11-13-5-3-2-4-6-13/h2-6,14H,7-11H2,1H3. The molecule has 110 valence electrons. The molecule has 2 aromatic rings. The fourth-order valence-electron chi connectivity index (χ4n) is 2.81. The van der Waals surface area contributed by atoms with E-state index in [0.29, 0.717) is 11.8 Å². The van der Waals surface area contributed by atoms with Crippen LogP contribution < -0.4 is 0 Å². The van der Waals surface area contributed by atoms with Gasteiger partial charge in [0.15, 0.2) is 0 Å². The fourth-order valence-corrected chi connectivity index (χ4v) is 2.81. The first-order valence-electron chi connectivity index (χ1n) is 7.35. The smallest absolute Gasteiger partial charge is 0.311 e. The molecule has 0 radical (unpaired) electrons. The molecule has 0 saturated carbocycles. The van der Waals surface area contributed by atoms with Crippen LogP contribution in [0.4, 0.5) is 0 Å². The van der Waals surface area contributed by atoms with Gasteiger partial charge in [0, 0.05) is 20.0 Å². The number of amides is 1. The summed E-state index contributed by atoms with van der Waals surface area (Å²) >= 11 is 0. The van der Waals surface area contributed by atoms with Gasteiger partial charge in [-0.15, -0.1) is 10.2 Å². The van der Waals surface area contributed by atoms with Gasteiger partial charge in [0.05, 0.1) is 0 Å². The average Bonchev–Trinajstić information content (AvgIpc) is 2.95. The third-order valence-electron chi connectivity index (χ3n) is 3.98. The summed E-state index contributed by atoms with van der Waals surface area (Å²) in [6.45, 7) is 3.21. The van der Waals surface area contributed by atoms with Crippen LogP contribution >= 0.6 is 0 Å². The Morgan fingerprint density at radius 2 is 1.95 bits per heavy atom. The second kappa shape index (κ2) is 6.08. The summed E-state index contributed by atoms with van der Waals surface area (Å²) in [5.41, 5.74) is 1.37. The van der Waals surface area contributed by atoms with Gasteiger partial charge in [0.25, 0.3) is 0 Å². The Kier molecular flexibility index (Phi) is 3.99. The molecule has 0 spiro atoms. The number of likely N-dealkylation sites (tertiary alicyclic amines) is 1. The third-order valence-corrected chi connectivity index (χ3v) is 3.98. The zero-order chi connectivity index (χ0) is 14.7. The van der Waals surface area contributed by atoms with Gasteiger partial charge in [-0.2, -0.15) is 0 Å². The lowest BCUT2D eigenvalue weighted by atomic mass is 9.90. The molecule has 0 atom stereocenters. The minimum Gasteiger partial charge on any atom is -0.417 e. The van der Waals surface area contributed by atoms with Crippen LogP contribution in [0.25, 0.3) is 0 Å². The number of rotatable bonds is 3. The van der Waals surface area contributed by atoms with Crippen molar-refractivity contribution in [3.63, 3.8) is 0 Å². The Bertz CT molecular complexity index is 601. The Balaban J connectivity index is 1.54. The molecule has 2 heterocycles. The third kappa shape index (κ3) is 3.29. The van der Waals surface area contributed by atoms with E-state index < -0.39 is 0 Å². The lowest BCUT2D eigenvalue weighted by Gasteiger charge is -2.31. The van der Waals surface area contributed by atoms with E-state index >= 15 is 0 Å². The Labute approximate surface area is 124 Å². The zero-order valence-corrected chi connectivity index (χ0v) is 12.2. The number of hydrogen-bond acceptors (Lipinski definition) is 4. The SMILES string of the molecule is Cc1nnc(C(=O)N2CCC(Cc3ccccc3)CC2)o1. The summed E-state index contributed by atoms with van der Waals surface area (Å²) in [7, 11) is 0. The van der Waals surface area contributed by atoms with Gasteiger partial charge in [0.2, 0.25) is 5.89 Å². The molecule has 1 aliphatic rings. The van der Waals surface area contributed by atoms with Crippen molar-refractivity contribution < 1.29 is 9.21 Å². The molecule has 0 bridgehead atoms. The highest BCUT2D eigenvalue weighted by atomic mass is 16.4. The molecule has 1 aliphatic heterocycles. The van der Waals surface area contributed by atoms with E-state index in [-0.39, 0.29) is 11.8 Å². The topological polar surface area (TPSA) is 59.2 Å². The van der Waals surface area contributed by atoms with E-state index in [0.717, 1.165) is 32.4 Å². The highest BCUT2D eigenvalue weighted by molar-refractivity contribution is 5.89. The van der Waals surface area contributed by atoms with Crippen LogP contribution in [0.2, 0.25) is 0 Å². The van der Waals surface area contributed by atoms with Crippen molar-refractivity contribution in [1.29, 1.82) is 0 Å². The second-order valence-corrected chi connectivity index (χ2v) is 5.55. The van der Waals surface area contributed by atoms with E-state index in [1.165, 1.54) is 5.56 Å². The number of carbonyl (C=O) groups is 1. The highest BCUT2D eigenvalue weighted by Crippen LogP contribution is 2.22. The number of nitrogens with zero attached hydrogens (tertiary/aromatic N) is 3. The van der Waals surface area contributed by atoms with Crippen molar-refractivity contribution >= 4 is 5.91 Å². The van der Waals surface area contributed by atoms with Gasteiger partial charge < -0.3 is 9.32 Å². The maximum atomic E-state index is 12.2. The van der Waals surface area contributed by atoms with Crippen LogP contribution in [-0.4, -0.2) is 34.1 Å². The number of benzene rings is 1. The quantitative estimate of drug-likeness (QED) is 0.869. The first kappa shape index (κ1) is 13.8. The number of hydrogen-bond donors (Lipinski definition) is 0. The van der Waals surface area contributed by atoms with E-state index in [4.69, 9.17) is 4.42 Å². The Morgan fingerprint density at radius 1 is 1.24 bits per heavy atom. The maximum absolute atomic E-state index is 12.2. The molecule has 3 rings (SSSR count). The van der Waals surface area contributed by atoms with Crippen molar-refractivity contribution in [2.24, 2.45) is 5.92 Å². The van der Waals surface area contributed by atoms with E-state index in [2.05, 4.69) is 34.5 Å². The summed E-state index contributed by atoms with van der Waals surface area (Å²) in [5, 5.41) is 7.51. The number of aryl methyl sites for hydroxylation is 1. The summed E-state index contributed by atoms with van der Waals surface area (Å²) in [6.07, 6.45) is 3.13. The number of carbonyl (C=O) groups excluding carboxylic acids is 1. The summed E-state index contributed by atoms with van der Waals surface area (Å²) in [4.78, 5) is 14.0. The minimum atomic E-state index is -0.145. The van der Waals surface area contributed by atoms with Crippen molar-refractivity contribution in [1.82, 2.24) is 15.1 Å². The molecule has 1 aromatic heterocycles. The van der Waals surface area contributed by atoms with Gasteiger partial charge in [0.1, 0.15) is 0 Å². The first-order valence-corrected chi connectivity index (χ1v) is 7.35. The van der Waals surface area contributed by atoms with Crippen molar-refractivity contribution in [2.45, 2.75) is 26.2 Å². The van der Waals surface area contributed by atoms with E-state index in [1.807, 2.05) is 11.0 Å². The van der Waals surface area contributed by atoms with Crippen LogP contribution in [-0.2, 0) is 6.42 Å². The van der Waals surface area contributed by atoms with Crippen molar-refractivity contribution in [2.75, 3.05) is 13.1 Å². The number of aromatic nitrogens is 2. The monoisotopic (exact) mass is 285 g/mol. The van der Waals surface area contributed by atoms with Crippen molar-refractivity contribution in [3.05, 3.63) is 47.7 Å². The van der Waals surface area contributed by atoms with Gasteiger partial charge >= 0.3 is 11.8 Å². The summed E-state index contributed by atoms with van der Waals surface area (Å²) < 4.78 is 5.21. The summed E-state index contributed by atoms with van der Waals surface area (Å²) in [5.74, 6) is 1.03. The molecule has 1 amide bonds. The number of piperidine rings is 1. The molecule has 0 N–H and O–H groups in total. The molecule has 5 nitrogen and oxygen atoms in total. The molecule has 1 aromatic carbocycles. The zero-order valence-electron chi connectivity index (χ0n) is 12.2. The van der Waals surface area contributed by atoms with Gasteiger partial charge in [-0.3, -0.25) is 4.79 Å². The average molecular weight is 285 g/mol. The van der Waals surface area contributed by atoms with Crippen LogP contribution in [0.3, 0.4) is 0 Å². The molecule has 1 fully saturated rings. The molecule has 21 heavy (non-hydrogen) atoms. The largest absolute Gasteiger partial charge is 0.417 e. The van der Waals surface area contributed by atoms with E-state index in [9.17, 15) is 4.79 Å². The van der Waals surface area contributed by atoms with Crippen LogP contribution in [0.5, 0.6) is 0 Å². The lowest BCUT2D eigenvalue weighted by molar-refractivity contribution is 0.0649. The first-order chi connectivity index (χ1) is 10.2. The maximum Gasteiger partial charge on any atom is 0.311 e. The lowest BCUT2D eigenvalue weighted by Crippen LogP contribution is -2.39. The normalized spacial score (nSPS) is 16.1. The Hall–Kier alpha value is -2.17. The van der Waals surface area contributed by atoms with Gasteiger partial charge in [-0.05, 0) is 30.7 Å². The molecular formula is C16H19N3O2. The van der Waals surface area contributed by atoms with Gasteiger partial charge in [-0.1, -0.05) is 30.3 Å². The molecule has 1 saturated heterocycles. The predicted molar refractivity (Wildman–Crippen MR) is 77.8 cm³/mol. The summed E-state index contributed by atoms with van der Waals surface area (Å²) in [6, 6.07) is 10.5. The van der Waals surface area contributed by atoms with Crippen LogP contribution in [0, 0.1) is 12.8 Å². The van der Waals surface area contributed by atoms with Crippen molar-refractivity contribution in [3.8, 4) is 0 Å². The predicted octanol–water partition coefficient (Wildman–Crippen LogP) is 2.47. The highest BCUT2D eigenvalue weighted by Gasteiger charge is 2.26.